The standard InChI is InChI=1S/C24H23N5O3/c1-16-5-4-6-21(13-16)31-15-23(30)28-19-7-9-20(10-8-19)32-24-14-22(26-17(2)27-24)29-12-11-25-18(29)3/h4-14H,15H2,1-3H3,(H,28,30). The molecule has 0 saturated carbocycles. The van der Waals surface area contributed by atoms with Crippen molar-refractivity contribution in [3.8, 4) is 23.2 Å². The van der Waals surface area contributed by atoms with Crippen molar-refractivity contribution in [1.82, 2.24) is 19.5 Å². The molecule has 162 valence electrons. The van der Waals surface area contributed by atoms with Gasteiger partial charge in [0, 0.05) is 24.1 Å². The van der Waals surface area contributed by atoms with Crippen LogP contribution in [0, 0.1) is 20.8 Å². The number of carbonyl (C=O) groups excluding carboxylic acids is 1. The number of hydrogen-bond acceptors (Lipinski definition) is 6. The van der Waals surface area contributed by atoms with Crippen LogP contribution in [0.3, 0.4) is 0 Å². The first-order valence-corrected chi connectivity index (χ1v) is 10.1. The van der Waals surface area contributed by atoms with Gasteiger partial charge in [-0.05, 0) is 62.7 Å². The van der Waals surface area contributed by atoms with Crippen molar-refractivity contribution in [3.05, 3.63) is 84.2 Å². The Morgan fingerprint density at radius 2 is 1.81 bits per heavy atom. The maximum Gasteiger partial charge on any atom is 0.262 e. The summed E-state index contributed by atoms with van der Waals surface area (Å²) in [6.07, 6.45) is 3.55. The Labute approximate surface area is 185 Å². The number of hydrogen-bond donors (Lipinski definition) is 1. The predicted octanol–water partition coefficient (Wildman–Crippen LogP) is 4.40. The molecule has 2 heterocycles. The van der Waals surface area contributed by atoms with Crippen LogP contribution >= 0.6 is 0 Å². The highest BCUT2D eigenvalue weighted by Gasteiger charge is 2.09. The number of nitrogens with zero attached hydrogens (tertiary/aromatic N) is 4. The second kappa shape index (κ2) is 9.30. The van der Waals surface area contributed by atoms with Gasteiger partial charge in [0.05, 0.1) is 0 Å². The van der Waals surface area contributed by atoms with E-state index in [-0.39, 0.29) is 12.5 Å². The topological polar surface area (TPSA) is 91.2 Å². The predicted molar refractivity (Wildman–Crippen MR) is 120 cm³/mol. The molecule has 4 rings (SSSR count). The van der Waals surface area contributed by atoms with E-state index in [4.69, 9.17) is 9.47 Å². The lowest BCUT2D eigenvalue weighted by Crippen LogP contribution is -2.20. The van der Waals surface area contributed by atoms with Crippen molar-refractivity contribution in [2.75, 3.05) is 11.9 Å². The summed E-state index contributed by atoms with van der Waals surface area (Å²) < 4.78 is 13.3. The fraction of sp³-hybridized carbons (Fsp3) is 0.167. The Bertz CT molecular complexity index is 1230. The third-order valence-corrected chi connectivity index (χ3v) is 4.59. The van der Waals surface area contributed by atoms with Gasteiger partial charge in [-0.2, -0.15) is 4.98 Å². The number of nitrogens with one attached hydrogen (secondary N) is 1. The molecular weight excluding hydrogens is 406 g/mol. The van der Waals surface area contributed by atoms with Crippen molar-refractivity contribution < 1.29 is 14.3 Å². The zero-order valence-electron chi connectivity index (χ0n) is 18.1. The number of rotatable bonds is 7. The van der Waals surface area contributed by atoms with Gasteiger partial charge in [0.15, 0.2) is 6.61 Å². The van der Waals surface area contributed by atoms with E-state index in [2.05, 4.69) is 20.3 Å². The Morgan fingerprint density at radius 3 is 2.53 bits per heavy atom. The van der Waals surface area contributed by atoms with Gasteiger partial charge in [-0.15, -0.1) is 0 Å². The minimum atomic E-state index is -0.244. The maximum absolute atomic E-state index is 12.2. The van der Waals surface area contributed by atoms with Crippen LogP contribution in [0.25, 0.3) is 5.82 Å². The number of ether oxygens (including phenoxy) is 2. The van der Waals surface area contributed by atoms with E-state index in [1.807, 2.05) is 48.9 Å². The number of aromatic nitrogens is 4. The summed E-state index contributed by atoms with van der Waals surface area (Å²) in [5.41, 5.74) is 1.72. The third kappa shape index (κ3) is 5.28. The Hall–Kier alpha value is -4.20. The fourth-order valence-electron chi connectivity index (χ4n) is 3.10. The third-order valence-electron chi connectivity index (χ3n) is 4.59. The molecule has 8 heteroatoms. The molecule has 2 aromatic heterocycles. The molecule has 0 fully saturated rings. The van der Waals surface area contributed by atoms with E-state index in [1.54, 1.807) is 43.5 Å². The minimum Gasteiger partial charge on any atom is -0.484 e. The number of imidazole rings is 1. The van der Waals surface area contributed by atoms with Crippen molar-refractivity contribution in [3.63, 3.8) is 0 Å². The SMILES string of the molecule is Cc1cccc(OCC(=O)Nc2ccc(Oc3cc(-n4ccnc4C)nc(C)n3)cc2)c1. The molecule has 0 aliphatic rings. The summed E-state index contributed by atoms with van der Waals surface area (Å²) in [6, 6.07) is 16.4. The van der Waals surface area contributed by atoms with Crippen LogP contribution in [0.4, 0.5) is 5.69 Å². The number of amides is 1. The largest absolute Gasteiger partial charge is 0.484 e. The summed E-state index contributed by atoms with van der Waals surface area (Å²) in [7, 11) is 0. The molecule has 0 atom stereocenters. The monoisotopic (exact) mass is 429 g/mol. The van der Waals surface area contributed by atoms with Crippen molar-refractivity contribution in [2.45, 2.75) is 20.8 Å². The summed E-state index contributed by atoms with van der Waals surface area (Å²) in [6.45, 7) is 5.61. The van der Waals surface area contributed by atoms with Crippen LogP contribution in [0.5, 0.6) is 17.4 Å². The van der Waals surface area contributed by atoms with E-state index in [0.717, 1.165) is 11.4 Å². The summed E-state index contributed by atoms with van der Waals surface area (Å²) in [5.74, 6) is 3.51. The van der Waals surface area contributed by atoms with E-state index < -0.39 is 0 Å². The van der Waals surface area contributed by atoms with E-state index in [1.165, 1.54) is 0 Å². The molecule has 0 aliphatic carbocycles. The highest BCUT2D eigenvalue weighted by molar-refractivity contribution is 5.91. The molecule has 0 spiro atoms. The molecule has 0 bridgehead atoms. The summed E-state index contributed by atoms with van der Waals surface area (Å²) >= 11 is 0. The molecule has 8 nitrogen and oxygen atoms in total. The van der Waals surface area contributed by atoms with Crippen LogP contribution in [0.1, 0.15) is 17.2 Å². The second-order valence-electron chi connectivity index (χ2n) is 7.24. The first-order valence-electron chi connectivity index (χ1n) is 10.1. The number of aryl methyl sites for hydroxylation is 3. The molecule has 0 unspecified atom stereocenters. The molecule has 2 aromatic carbocycles. The Morgan fingerprint density at radius 1 is 1.00 bits per heavy atom. The average Bonchev–Trinajstić information content (AvgIpc) is 3.19. The zero-order chi connectivity index (χ0) is 22.5. The molecule has 1 amide bonds. The smallest absolute Gasteiger partial charge is 0.262 e. The van der Waals surface area contributed by atoms with Crippen molar-refractivity contribution in [1.29, 1.82) is 0 Å². The maximum atomic E-state index is 12.2. The summed E-state index contributed by atoms with van der Waals surface area (Å²) in [4.78, 5) is 25.2. The molecule has 0 aliphatic heterocycles. The highest BCUT2D eigenvalue weighted by atomic mass is 16.5. The van der Waals surface area contributed by atoms with Crippen LogP contribution < -0.4 is 14.8 Å². The lowest BCUT2D eigenvalue weighted by Gasteiger charge is -2.10. The van der Waals surface area contributed by atoms with Crippen molar-refractivity contribution >= 4 is 11.6 Å². The average molecular weight is 429 g/mol. The molecule has 0 radical (unpaired) electrons. The van der Waals surface area contributed by atoms with Crippen LogP contribution in [0.2, 0.25) is 0 Å². The molecular formula is C24H23N5O3. The van der Waals surface area contributed by atoms with Gasteiger partial charge in [0.1, 0.15) is 29.0 Å². The molecule has 32 heavy (non-hydrogen) atoms. The van der Waals surface area contributed by atoms with E-state index >= 15 is 0 Å². The minimum absolute atomic E-state index is 0.0711. The lowest BCUT2D eigenvalue weighted by atomic mass is 10.2. The van der Waals surface area contributed by atoms with E-state index in [0.29, 0.717) is 34.7 Å². The number of anilines is 1. The number of carbonyl (C=O) groups is 1. The number of benzene rings is 2. The van der Waals surface area contributed by atoms with Crippen LogP contribution in [-0.2, 0) is 4.79 Å². The first-order chi connectivity index (χ1) is 15.5. The lowest BCUT2D eigenvalue weighted by molar-refractivity contribution is -0.118. The normalized spacial score (nSPS) is 10.6. The zero-order valence-corrected chi connectivity index (χ0v) is 18.1. The van der Waals surface area contributed by atoms with Crippen LogP contribution in [-0.4, -0.2) is 32.0 Å². The molecule has 0 saturated heterocycles. The van der Waals surface area contributed by atoms with Gasteiger partial charge >= 0.3 is 0 Å². The van der Waals surface area contributed by atoms with Crippen molar-refractivity contribution in [2.24, 2.45) is 0 Å². The van der Waals surface area contributed by atoms with Gasteiger partial charge in [0.2, 0.25) is 5.88 Å². The highest BCUT2D eigenvalue weighted by Crippen LogP contribution is 2.23. The quantitative estimate of drug-likeness (QED) is 0.468. The Kier molecular flexibility index (Phi) is 6.12. The van der Waals surface area contributed by atoms with Gasteiger partial charge in [0.25, 0.3) is 5.91 Å². The van der Waals surface area contributed by atoms with Crippen LogP contribution in [0.15, 0.2) is 67.0 Å². The summed E-state index contributed by atoms with van der Waals surface area (Å²) in [5, 5.41) is 2.81. The first kappa shape index (κ1) is 21.0. The van der Waals surface area contributed by atoms with Gasteiger partial charge < -0.3 is 14.8 Å². The fourth-order valence-corrected chi connectivity index (χ4v) is 3.10. The Balaban J connectivity index is 1.37. The van der Waals surface area contributed by atoms with Gasteiger partial charge in [-0.25, -0.2) is 9.97 Å². The molecule has 4 aromatic rings. The molecule has 1 N–H and O–H groups in total. The van der Waals surface area contributed by atoms with E-state index in [9.17, 15) is 4.79 Å². The van der Waals surface area contributed by atoms with Gasteiger partial charge in [-0.3, -0.25) is 9.36 Å². The second-order valence-corrected chi connectivity index (χ2v) is 7.24. The van der Waals surface area contributed by atoms with Gasteiger partial charge in [-0.1, -0.05) is 12.1 Å².